The summed E-state index contributed by atoms with van der Waals surface area (Å²) in [4.78, 5) is 65.8. The van der Waals surface area contributed by atoms with Gasteiger partial charge >= 0.3 is 18.4 Å². The number of hydrogen-bond acceptors (Lipinski definition) is 8. The van der Waals surface area contributed by atoms with E-state index in [2.05, 4.69) is 20.1 Å². The van der Waals surface area contributed by atoms with E-state index in [9.17, 15) is 59.8 Å². The number of carboxylic acids is 1. The lowest BCUT2D eigenvalue weighted by molar-refractivity contribution is -0.274. The third-order valence-electron chi connectivity index (χ3n) is 7.78. The molecule has 0 saturated heterocycles. The van der Waals surface area contributed by atoms with Crippen LogP contribution in [0, 0.1) is 23.3 Å². The first-order valence-electron chi connectivity index (χ1n) is 14.8. The van der Waals surface area contributed by atoms with Crippen molar-refractivity contribution >= 4 is 35.3 Å². The van der Waals surface area contributed by atoms with E-state index in [0.717, 1.165) is 29.2 Å². The molecule has 3 N–H and O–H groups in total. The molecule has 2 aliphatic rings. The predicted molar refractivity (Wildman–Crippen MR) is 157 cm³/mol. The van der Waals surface area contributed by atoms with Gasteiger partial charge in [-0.1, -0.05) is 18.2 Å². The number of aliphatic carboxylic acids is 1. The van der Waals surface area contributed by atoms with Crippen molar-refractivity contribution in [2.24, 2.45) is 0 Å². The topological polar surface area (TPSA) is 161 Å². The summed E-state index contributed by atoms with van der Waals surface area (Å²) in [5, 5.41) is 13.9. The monoisotopic (exact) mass is 727 g/mol. The average Bonchev–Trinajstić information content (AvgIpc) is 3.39. The molecule has 12 nitrogen and oxygen atoms in total. The highest BCUT2D eigenvalue weighted by Crippen LogP contribution is 2.39. The molecule has 270 valence electrons. The lowest BCUT2D eigenvalue weighted by atomic mass is 10.0. The van der Waals surface area contributed by atoms with Crippen LogP contribution >= 0.6 is 0 Å². The van der Waals surface area contributed by atoms with Gasteiger partial charge in [0.1, 0.15) is 36.2 Å². The van der Waals surface area contributed by atoms with Crippen molar-refractivity contribution in [1.29, 1.82) is 0 Å². The Hall–Kier alpha value is -5.88. The van der Waals surface area contributed by atoms with E-state index >= 15 is 0 Å². The predicted octanol–water partition coefficient (Wildman–Crippen LogP) is 4.11. The number of Topliss-reactive ketones (excluding diaryl/α,β-unsaturated/α-hetero) is 1. The van der Waals surface area contributed by atoms with Gasteiger partial charge in [0, 0.05) is 12.5 Å². The van der Waals surface area contributed by atoms with Gasteiger partial charge in [-0.15, -0.1) is 13.2 Å². The van der Waals surface area contributed by atoms with Crippen LogP contribution in [0.15, 0.2) is 48.5 Å². The maximum atomic E-state index is 14.0. The largest absolute Gasteiger partial charge is 0.573 e. The number of halogens is 7. The number of carbonyl (C=O) groups excluding carboxylic acids is 4. The van der Waals surface area contributed by atoms with E-state index in [1.807, 2.05) is 0 Å². The summed E-state index contributed by atoms with van der Waals surface area (Å²) in [6.45, 7) is -1.32. The fourth-order valence-corrected chi connectivity index (χ4v) is 5.57. The molecule has 0 fully saturated rings. The number of ketones is 1. The Labute approximate surface area is 282 Å². The van der Waals surface area contributed by atoms with Crippen LogP contribution in [0.5, 0.6) is 17.2 Å². The highest BCUT2D eigenvalue weighted by atomic mass is 19.4. The number of anilines is 1. The summed E-state index contributed by atoms with van der Waals surface area (Å²) in [5.41, 5.74) is 1.46. The SMILES string of the molecule is O=C(O)CC(NC(=O)C1Cc2cccc3c2N1C(=O)C(NC(=O)Oc1ccc(OC(F)(F)F)cc1)CC3)C(=O)COc1c(F)c(F)cc(F)c1F. The van der Waals surface area contributed by atoms with Crippen molar-refractivity contribution in [3.63, 3.8) is 0 Å². The highest BCUT2D eigenvalue weighted by molar-refractivity contribution is 6.08. The maximum Gasteiger partial charge on any atom is 0.573 e. The van der Waals surface area contributed by atoms with Crippen LogP contribution < -0.4 is 29.7 Å². The number of nitrogens with zero attached hydrogens (tertiary/aromatic N) is 1. The normalized spacial score (nSPS) is 17.2. The standard InChI is InChI=1S/C32H24F7N3O9/c33-18-11-19(34)26(36)28(25(18)35)49-13-23(43)21(12-24(44)45)40-29(46)22-10-15-3-1-2-14-4-9-20(30(47)42(22)27(14)15)41-31(48)50-16-5-7-17(8-6-16)51-32(37,38)39/h1-3,5-8,11,20-22H,4,9-10,12-13H2,(H,40,46)(H,41,48)(H,44,45). The number of rotatable bonds is 11. The fourth-order valence-electron chi connectivity index (χ4n) is 5.57. The van der Waals surface area contributed by atoms with E-state index < -0.39 is 102 Å². The highest BCUT2D eigenvalue weighted by Gasteiger charge is 2.45. The third kappa shape index (κ3) is 8.30. The molecule has 3 unspecified atom stereocenters. The summed E-state index contributed by atoms with van der Waals surface area (Å²) in [7, 11) is 0. The van der Waals surface area contributed by atoms with Crippen molar-refractivity contribution in [2.75, 3.05) is 11.5 Å². The zero-order valence-electron chi connectivity index (χ0n) is 25.7. The van der Waals surface area contributed by atoms with E-state index in [4.69, 9.17) is 4.74 Å². The van der Waals surface area contributed by atoms with Gasteiger partial charge < -0.3 is 30.0 Å². The van der Waals surface area contributed by atoms with Crippen LogP contribution in [0.2, 0.25) is 0 Å². The van der Waals surface area contributed by atoms with Crippen molar-refractivity contribution < 1.29 is 74.0 Å². The first-order chi connectivity index (χ1) is 24.0. The molecule has 0 aromatic heterocycles. The molecule has 0 aliphatic carbocycles. The average molecular weight is 728 g/mol. The molecular weight excluding hydrogens is 703 g/mol. The van der Waals surface area contributed by atoms with Crippen LogP contribution in [0.25, 0.3) is 0 Å². The quantitative estimate of drug-likeness (QED) is 0.195. The van der Waals surface area contributed by atoms with Crippen molar-refractivity contribution in [3.8, 4) is 17.2 Å². The van der Waals surface area contributed by atoms with Gasteiger partial charge in [-0.3, -0.25) is 24.1 Å². The van der Waals surface area contributed by atoms with Crippen LogP contribution in [0.1, 0.15) is 24.0 Å². The number of alkyl halides is 3. The van der Waals surface area contributed by atoms with Crippen LogP contribution in [0.3, 0.4) is 0 Å². The van der Waals surface area contributed by atoms with Gasteiger partial charge in [0.05, 0.1) is 12.1 Å². The Morgan fingerprint density at radius 2 is 1.57 bits per heavy atom. The third-order valence-corrected chi connectivity index (χ3v) is 7.78. The molecule has 3 amide bonds. The number of carboxylic acid groups (broad SMARTS) is 1. The van der Waals surface area contributed by atoms with Crippen LogP contribution in [-0.4, -0.2) is 65.9 Å². The minimum atomic E-state index is -4.95. The molecular formula is C32H24F7N3O9. The van der Waals surface area contributed by atoms with Crippen molar-refractivity contribution in [3.05, 3.63) is 82.9 Å². The maximum absolute atomic E-state index is 14.0. The second-order valence-corrected chi connectivity index (χ2v) is 11.2. The minimum absolute atomic E-state index is 0.0127. The van der Waals surface area contributed by atoms with E-state index in [0.29, 0.717) is 16.8 Å². The molecule has 51 heavy (non-hydrogen) atoms. The number of nitrogens with one attached hydrogen (secondary N) is 2. The lowest BCUT2D eigenvalue weighted by Gasteiger charge is -2.28. The number of carbonyl (C=O) groups is 5. The minimum Gasteiger partial charge on any atom is -0.481 e. The molecule has 0 radical (unpaired) electrons. The molecule has 0 bridgehead atoms. The zero-order valence-corrected chi connectivity index (χ0v) is 25.7. The number of aryl methyl sites for hydroxylation is 1. The van der Waals surface area contributed by atoms with Crippen LogP contribution in [0.4, 0.5) is 41.2 Å². The number of amides is 3. The summed E-state index contributed by atoms with van der Waals surface area (Å²) in [6.07, 6.45) is -7.06. The molecule has 2 heterocycles. The summed E-state index contributed by atoms with van der Waals surface area (Å²) in [6, 6.07) is 4.07. The van der Waals surface area contributed by atoms with Crippen molar-refractivity contribution in [2.45, 2.75) is 50.2 Å². The summed E-state index contributed by atoms with van der Waals surface area (Å²) in [5.74, 6) is -14.6. The van der Waals surface area contributed by atoms with Gasteiger partial charge in [0.2, 0.25) is 23.4 Å². The number of hydrogen-bond donors (Lipinski definition) is 3. The zero-order chi connectivity index (χ0) is 37.2. The molecule has 19 heteroatoms. The van der Waals surface area contributed by atoms with Crippen molar-refractivity contribution in [1.82, 2.24) is 10.6 Å². The number of benzene rings is 3. The molecule has 2 aliphatic heterocycles. The Kier molecular flexibility index (Phi) is 10.4. The fraction of sp³-hybridized carbons (Fsp3) is 0.281. The molecule has 3 atom stereocenters. The molecule has 3 aromatic carbocycles. The van der Waals surface area contributed by atoms with Gasteiger partial charge in [-0.2, -0.15) is 8.78 Å². The summed E-state index contributed by atoms with van der Waals surface area (Å²) >= 11 is 0. The number of para-hydroxylation sites is 1. The van der Waals surface area contributed by atoms with E-state index in [-0.39, 0.29) is 31.1 Å². The lowest BCUT2D eigenvalue weighted by Crippen LogP contribution is -2.57. The Balaban J connectivity index is 1.31. The first kappa shape index (κ1) is 36.4. The molecule has 3 aromatic rings. The Morgan fingerprint density at radius 1 is 0.941 bits per heavy atom. The first-order valence-corrected chi connectivity index (χ1v) is 14.8. The van der Waals surface area contributed by atoms with Gasteiger partial charge in [-0.05, 0) is 48.2 Å². The molecule has 0 saturated carbocycles. The smallest absolute Gasteiger partial charge is 0.481 e. The van der Waals surface area contributed by atoms with E-state index in [1.54, 1.807) is 18.2 Å². The molecule has 5 rings (SSSR count). The van der Waals surface area contributed by atoms with E-state index in [1.165, 1.54) is 0 Å². The second kappa shape index (κ2) is 14.5. The summed E-state index contributed by atoms with van der Waals surface area (Å²) < 4.78 is 106. The van der Waals surface area contributed by atoms with Gasteiger partial charge in [0.15, 0.2) is 23.2 Å². The Morgan fingerprint density at radius 3 is 2.20 bits per heavy atom. The van der Waals surface area contributed by atoms with Crippen LogP contribution in [-0.2, 0) is 32.0 Å². The number of ether oxygens (including phenoxy) is 3. The Bertz CT molecular complexity index is 1860. The molecule has 0 spiro atoms. The van der Waals surface area contributed by atoms with Gasteiger partial charge in [0.25, 0.3) is 0 Å². The second-order valence-electron chi connectivity index (χ2n) is 11.2. The van der Waals surface area contributed by atoms with Gasteiger partial charge in [-0.25, -0.2) is 13.6 Å².